The van der Waals surface area contributed by atoms with Crippen LogP contribution in [-0.2, 0) is 25.6 Å². The van der Waals surface area contributed by atoms with Crippen LogP contribution in [0.1, 0.15) is 43.2 Å². The Balaban J connectivity index is 0.000000277. The molecule has 1 aromatic heterocycles. The molecule has 6 N–H and O–H groups in total. The highest BCUT2D eigenvalue weighted by Gasteiger charge is 2.39. The maximum Gasteiger partial charge on any atom is 0.328 e. The van der Waals surface area contributed by atoms with Gasteiger partial charge in [0, 0.05) is 59.9 Å². The van der Waals surface area contributed by atoms with E-state index in [0.29, 0.717) is 36.3 Å². The van der Waals surface area contributed by atoms with Gasteiger partial charge >= 0.3 is 23.9 Å². The molecule has 2 heterocycles. The molecule has 4 rings (SSSR count). The molecule has 0 amide bonds. The van der Waals surface area contributed by atoms with Gasteiger partial charge in [0.1, 0.15) is 0 Å². The number of benzene rings is 1. The van der Waals surface area contributed by atoms with Gasteiger partial charge in [-0.15, -0.1) is 0 Å². The highest BCUT2D eigenvalue weighted by molar-refractivity contribution is 5.90. The van der Waals surface area contributed by atoms with Gasteiger partial charge in [-0.2, -0.15) is 0 Å². The number of fused-ring (bicyclic) bond motifs is 2. The largest absolute Gasteiger partial charge is 0.478 e. The second-order valence-electron chi connectivity index (χ2n) is 9.56. The molecule has 0 spiro atoms. The smallest absolute Gasteiger partial charge is 0.328 e. The molecule has 1 saturated heterocycles. The Kier molecular flexibility index (Phi) is 12.4. The monoisotopic (exact) mass is 543 g/mol. The van der Waals surface area contributed by atoms with Crippen LogP contribution in [0.25, 0.3) is 10.9 Å². The minimum Gasteiger partial charge on any atom is -0.478 e. The summed E-state index contributed by atoms with van der Waals surface area (Å²) in [4.78, 5) is 44.3. The first kappa shape index (κ1) is 31.3. The number of hydrogen-bond acceptors (Lipinski definition) is 6. The lowest BCUT2D eigenvalue weighted by atomic mass is 9.72. The third-order valence-corrected chi connectivity index (χ3v) is 6.71. The fourth-order valence-corrected chi connectivity index (χ4v) is 5.16. The summed E-state index contributed by atoms with van der Waals surface area (Å²) in [6, 6.07) is 7.51. The molecular formula is C28H37N3O8. The Labute approximate surface area is 226 Å². The van der Waals surface area contributed by atoms with E-state index < -0.39 is 23.9 Å². The van der Waals surface area contributed by atoms with Gasteiger partial charge in [-0.1, -0.05) is 19.1 Å². The topological polar surface area (TPSA) is 180 Å². The second kappa shape index (κ2) is 15.5. The van der Waals surface area contributed by atoms with Crippen molar-refractivity contribution in [3.63, 3.8) is 0 Å². The van der Waals surface area contributed by atoms with Crippen LogP contribution in [0.3, 0.4) is 0 Å². The van der Waals surface area contributed by atoms with Crippen molar-refractivity contribution in [3.8, 4) is 0 Å². The van der Waals surface area contributed by atoms with Crippen molar-refractivity contribution in [1.82, 2.24) is 15.2 Å². The number of carboxylic acid groups (broad SMARTS) is 4. The number of aromatic nitrogens is 1. The van der Waals surface area contributed by atoms with Crippen LogP contribution >= 0.6 is 0 Å². The van der Waals surface area contributed by atoms with E-state index in [0.717, 1.165) is 12.5 Å². The molecule has 0 radical (unpaired) electrons. The molecule has 0 bridgehead atoms. The number of aromatic amines is 1. The molecule has 11 heteroatoms. The lowest BCUT2D eigenvalue weighted by molar-refractivity contribution is -0.134. The molecule has 3 atom stereocenters. The molecule has 212 valence electrons. The number of hydrogen-bond donors (Lipinski definition) is 6. The molecule has 1 aliphatic carbocycles. The molecule has 1 aromatic carbocycles. The fourth-order valence-electron chi connectivity index (χ4n) is 5.16. The number of piperidine rings is 1. The summed E-state index contributed by atoms with van der Waals surface area (Å²) >= 11 is 0. The van der Waals surface area contributed by atoms with Crippen molar-refractivity contribution in [1.29, 1.82) is 0 Å². The van der Waals surface area contributed by atoms with Gasteiger partial charge in [-0.3, -0.25) is 0 Å². The predicted octanol–water partition coefficient (Wildman–Crippen LogP) is 2.94. The highest BCUT2D eigenvalue weighted by atomic mass is 16.4. The van der Waals surface area contributed by atoms with E-state index in [-0.39, 0.29) is 0 Å². The van der Waals surface area contributed by atoms with E-state index >= 15 is 0 Å². The molecule has 1 fully saturated rings. The summed E-state index contributed by atoms with van der Waals surface area (Å²) in [6.07, 6.45) is 9.57. The van der Waals surface area contributed by atoms with E-state index in [2.05, 4.69) is 53.6 Å². The first-order chi connectivity index (χ1) is 18.5. The number of carbonyl (C=O) groups is 4. The third kappa shape index (κ3) is 10.0. The van der Waals surface area contributed by atoms with Gasteiger partial charge in [-0.25, -0.2) is 19.2 Å². The van der Waals surface area contributed by atoms with Crippen molar-refractivity contribution in [2.75, 3.05) is 26.7 Å². The number of H-pyrrole nitrogens is 1. The Hall–Kier alpha value is -3.96. The SMILES string of the molecule is CCCNCC[C@@H]1CC2c3cccc4[nH]cc(c34)C[C@H]2N(C)C1.O=C(O)/C=C\C(=O)O.O=C(O)/C=C\C(=O)O. The lowest BCUT2D eigenvalue weighted by Gasteiger charge is -2.45. The van der Waals surface area contributed by atoms with Crippen LogP contribution in [0.4, 0.5) is 0 Å². The summed E-state index contributed by atoms with van der Waals surface area (Å²) in [5.41, 5.74) is 4.44. The average Bonchev–Trinajstić information content (AvgIpc) is 3.30. The van der Waals surface area contributed by atoms with Crippen LogP contribution in [0.2, 0.25) is 0 Å². The summed E-state index contributed by atoms with van der Waals surface area (Å²) < 4.78 is 0. The number of rotatable bonds is 9. The summed E-state index contributed by atoms with van der Waals surface area (Å²) in [7, 11) is 2.33. The van der Waals surface area contributed by atoms with E-state index in [1.165, 1.54) is 55.2 Å². The first-order valence-electron chi connectivity index (χ1n) is 12.8. The average molecular weight is 544 g/mol. The van der Waals surface area contributed by atoms with Gasteiger partial charge in [-0.05, 0) is 68.9 Å². The second-order valence-corrected chi connectivity index (χ2v) is 9.56. The van der Waals surface area contributed by atoms with E-state index in [1.54, 1.807) is 5.56 Å². The van der Waals surface area contributed by atoms with Crippen molar-refractivity contribution in [3.05, 3.63) is 59.8 Å². The maximum atomic E-state index is 9.55. The van der Waals surface area contributed by atoms with Crippen molar-refractivity contribution >= 4 is 34.8 Å². The normalized spacial score (nSPS) is 20.0. The molecule has 2 aromatic rings. The fraction of sp³-hybridized carbons (Fsp3) is 0.429. The maximum absolute atomic E-state index is 9.55. The van der Waals surface area contributed by atoms with Gasteiger partial charge in [0.05, 0.1) is 0 Å². The molecule has 1 unspecified atom stereocenters. The number of nitrogens with zero attached hydrogens (tertiary/aromatic N) is 1. The summed E-state index contributed by atoms with van der Waals surface area (Å²) in [5.74, 6) is -3.50. The number of likely N-dealkylation sites (tertiary alicyclic amines) is 1. The van der Waals surface area contributed by atoms with Crippen molar-refractivity contribution < 1.29 is 39.6 Å². The zero-order valence-electron chi connectivity index (χ0n) is 22.2. The molecule has 0 saturated carbocycles. The van der Waals surface area contributed by atoms with Crippen LogP contribution in [0.15, 0.2) is 48.7 Å². The molecule has 11 nitrogen and oxygen atoms in total. The third-order valence-electron chi connectivity index (χ3n) is 6.71. The molecule has 2 aliphatic rings. The van der Waals surface area contributed by atoms with E-state index in [9.17, 15) is 19.2 Å². The van der Waals surface area contributed by atoms with Crippen molar-refractivity contribution in [2.24, 2.45) is 5.92 Å². The zero-order valence-corrected chi connectivity index (χ0v) is 22.2. The van der Waals surface area contributed by atoms with Gasteiger partial charge < -0.3 is 35.6 Å². The number of nitrogens with one attached hydrogen (secondary N) is 2. The number of aliphatic carboxylic acids is 4. The van der Waals surface area contributed by atoms with Crippen LogP contribution in [0.5, 0.6) is 0 Å². The van der Waals surface area contributed by atoms with Crippen LogP contribution < -0.4 is 5.32 Å². The Morgan fingerprint density at radius 1 is 0.974 bits per heavy atom. The Bertz CT molecular complexity index is 1140. The quantitative estimate of drug-likeness (QED) is 0.203. The number of likely N-dealkylation sites (N-methyl/N-ethyl adjacent to an activating group) is 1. The minimum atomic E-state index is -1.26. The minimum absolute atomic E-state index is 0.558. The Morgan fingerprint density at radius 2 is 1.56 bits per heavy atom. The molecular weight excluding hydrogens is 506 g/mol. The highest BCUT2D eigenvalue weighted by Crippen LogP contribution is 2.44. The molecule has 1 aliphatic heterocycles. The standard InChI is InChI=1S/C20H29N3.2C4H4O4/c1-3-8-21-9-7-14-10-17-16-5-4-6-18-20(16)15(12-22-18)11-19(17)23(2)13-14;2*5-3(6)1-2-4(7)8/h4-6,12,14,17,19,21-22H,3,7-11,13H2,1-2H3;2*1-2H,(H,5,6)(H,7,8)/b;2*2-1-/t14-,17?,19-;;/m1../s1. The summed E-state index contributed by atoms with van der Waals surface area (Å²) in [5, 5.41) is 36.3. The van der Waals surface area contributed by atoms with Crippen LogP contribution in [0, 0.1) is 5.92 Å². The van der Waals surface area contributed by atoms with Gasteiger partial charge in [0.2, 0.25) is 0 Å². The van der Waals surface area contributed by atoms with Crippen LogP contribution in [-0.4, -0.2) is 86.9 Å². The zero-order chi connectivity index (χ0) is 28.9. The van der Waals surface area contributed by atoms with E-state index in [1.807, 2.05) is 0 Å². The Morgan fingerprint density at radius 3 is 2.10 bits per heavy atom. The molecule has 39 heavy (non-hydrogen) atoms. The summed E-state index contributed by atoms with van der Waals surface area (Å²) in [6.45, 7) is 5.82. The lowest BCUT2D eigenvalue weighted by Crippen LogP contribution is -2.48. The van der Waals surface area contributed by atoms with E-state index in [4.69, 9.17) is 20.4 Å². The van der Waals surface area contributed by atoms with Crippen molar-refractivity contribution in [2.45, 2.75) is 44.6 Å². The van der Waals surface area contributed by atoms with Gasteiger partial charge in [0.25, 0.3) is 0 Å². The van der Waals surface area contributed by atoms with Gasteiger partial charge in [0.15, 0.2) is 0 Å². The number of carboxylic acids is 4. The predicted molar refractivity (Wildman–Crippen MR) is 146 cm³/mol. The first-order valence-corrected chi connectivity index (χ1v) is 12.8.